The molecular formula is C17H24N2O3. The van der Waals surface area contributed by atoms with Crippen LogP contribution in [0.4, 0.5) is 0 Å². The first-order chi connectivity index (χ1) is 10.7. The number of carbonyl (C=O) groups is 1. The highest BCUT2D eigenvalue weighted by atomic mass is 16.5. The van der Waals surface area contributed by atoms with Gasteiger partial charge in [0.2, 0.25) is 5.91 Å². The monoisotopic (exact) mass is 304 g/mol. The summed E-state index contributed by atoms with van der Waals surface area (Å²) in [5.41, 5.74) is 3.40. The molecule has 0 radical (unpaired) electrons. The smallest absolute Gasteiger partial charge is 0.243 e. The van der Waals surface area contributed by atoms with E-state index in [-0.39, 0.29) is 11.8 Å². The van der Waals surface area contributed by atoms with Gasteiger partial charge in [-0.15, -0.1) is 0 Å². The van der Waals surface area contributed by atoms with Crippen LogP contribution in [0.1, 0.15) is 45.1 Å². The fourth-order valence-electron chi connectivity index (χ4n) is 1.87. The third kappa shape index (κ3) is 5.06. The van der Waals surface area contributed by atoms with E-state index >= 15 is 0 Å². The minimum absolute atomic E-state index is 0.00447. The second-order valence-electron chi connectivity index (χ2n) is 5.41. The Kier molecular flexibility index (Phi) is 6.25. The number of nitrogens with one attached hydrogen (secondary N) is 1. The molecule has 0 unspecified atom stereocenters. The molecule has 120 valence electrons. The number of carbonyl (C=O) groups excluding carboxylic acids is 1. The predicted molar refractivity (Wildman–Crippen MR) is 86.5 cm³/mol. The maximum Gasteiger partial charge on any atom is 0.243 e. The van der Waals surface area contributed by atoms with Crippen LogP contribution in [-0.4, -0.2) is 25.3 Å². The van der Waals surface area contributed by atoms with Crippen molar-refractivity contribution in [3.05, 3.63) is 23.8 Å². The van der Waals surface area contributed by atoms with Crippen molar-refractivity contribution in [3.63, 3.8) is 0 Å². The maximum absolute atomic E-state index is 11.5. The van der Waals surface area contributed by atoms with Crippen molar-refractivity contribution in [2.24, 2.45) is 11.0 Å². The summed E-state index contributed by atoms with van der Waals surface area (Å²) in [6, 6.07) is 5.65. The summed E-state index contributed by atoms with van der Waals surface area (Å²) >= 11 is 0. The van der Waals surface area contributed by atoms with Crippen LogP contribution in [-0.2, 0) is 4.79 Å². The summed E-state index contributed by atoms with van der Waals surface area (Å²) in [5, 5.41) is 4.02. The second-order valence-corrected chi connectivity index (χ2v) is 5.41. The molecule has 0 aromatic heterocycles. The molecule has 1 saturated carbocycles. The van der Waals surface area contributed by atoms with Crippen LogP contribution in [0.3, 0.4) is 0 Å². The molecule has 1 fully saturated rings. The molecular weight excluding hydrogens is 280 g/mol. The minimum atomic E-state index is -0.00447. The molecule has 1 aliphatic carbocycles. The van der Waals surface area contributed by atoms with Crippen molar-refractivity contribution in [3.8, 4) is 11.5 Å². The lowest BCUT2D eigenvalue weighted by molar-refractivity contribution is -0.122. The quantitative estimate of drug-likeness (QED) is 0.563. The number of hydrazone groups is 1. The Balaban J connectivity index is 2.02. The fourth-order valence-corrected chi connectivity index (χ4v) is 1.87. The van der Waals surface area contributed by atoms with E-state index in [1.54, 1.807) is 6.21 Å². The predicted octanol–water partition coefficient (Wildman–Crippen LogP) is 3.12. The van der Waals surface area contributed by atoms with E-state index in [0.717, 1.165) is 42.7 Å². The molecule has 5 nitrogen and oxygen atoms in total. The molecule has 2 rings (SSSR count). The number of ether oxygens (including phenoxy) is 2. The molecule has 22 heavy (non-hydrogen) atoms. The van der Waals surface area contributed by atoms with Gasteiger partial charge in [-0.25, -0.2) is 5.43 Å². The average Bonchev–Trinajstić information content (AvgIpc) is 3.37. The van der Waals surface area contributed by atoms with Gasteiger partial charge in [0.25, 0.3) is 0 Å². The summed E-state index contributed by atoms with van der Waals surface area (Å²) in [4.78, 5) is 11.5. The molecule has 0 saturated heterocycles. The number of hydrogen-bond donors (Lipinski definition) is 1. The van der Waals surface area contributed by atoms with E-state index in [1.807, 2.05) is 18.2 Å². The number of rotatable bonds is 9. The molecule has 0 bridgehead atoms. The zero-order valence-electron chi connectivity index (χ0n) is 13.3. The highest BCUT2D eigenvalue weighted by Gasteiger charge is 2.29. The van der Waals surface area contributed by atoms with Gasteiger partial charge in [-0.05, 0) is 37.8 Å². The van der Waals surface area contributed by atoms with Crippen LogP contribution in [0.5, 0.6) is 11.5 Å². The zero-order valence-corrected chi connectivity index (χ0v) is 13.3. The van der Waals surface area contributed by atoms with Gasteiger partial charge in [0, 0.05) is 17.5 Å². The van der Waals surface area contributed by atoms with Crippen LogP contribution >= 0.6 is 0 Å². The van der Waals surface area contributed by atoms with Gasteiger partial charge in [0.05, 0.1) is 19.4 Å². The molecule has 0 atom stereocenters. The Bertz CT molecular complexity index is 525. The lowest BCUT2D eigenvalue weighted by atomic mass is 10.2. The van der Waals surface area contributed by atoms with Gasteiger partial charge < -0.3 is 9.47 Å². The maximum atomic E-state index is 11.5. The van der Waals surface area contributed by atoms with Crippen LogP contribution in [0.15, 0.2) is 23.3 Å². The Morgan fingerprint density at radius 3 is 2.68 bits per heavy atom. The van der Waals surface area contributed by atoms with Gasteiger partial charge >= 0.3 is 0 Å². The summed E-state index contributed by atoms with van der Waals surface area (Å²) in [7, 11) is 0. The molecule has 1 N–H and O–H groups in total. The standard InChI is InChI=1S/C17H24N2O3/c1-3-9-21-15-8-7-14(16(11-15)22-10-4-2)12-18-19-17(20)13-5-6-13/h7-8,11-13H,3-6,9-10H2,1-2H3,(H,19,20)/b18-12-. The summed E-state index contributed by atoms with van der Waals surface area (Å²) in [6.45, 7) is 5.43. The molecule has 0 spiro atoms. The lowest BCUT2D eigenvalue weighted by Crippen LogP contribution is -2.19. The van der Waals surface area contributed by atoms with Gasteiger partial charge in [-0.1, -0.05) is 13.8 Å². The van der Waals surface area contributed by atoms with Crippen LogP contribution in [0, 0.1) is 5.92 Å². The molecule has 1 aromatic rings. The van der Waals surface area contributed by atoms with Crippen molar-refractivity contribution in [2.75, 3.05) is 13.2 Å². The van der Waals surface area contributed by atoms with E-state index in [0.29, 0.717) is 13.2 Å². The van der Waals surface area contributed by atoms with Crippen LogP contribution < -0.4 is 14.9 Å². The number of nitrogens with zero attached hydrogens (tertiary/aromatic N) is 1. The second kappa shape index (κ2) is 8.41. The zero-order chi connectivity index (χ0) is 15.8. The average molecular weight is 304 g/mol. The van der Waals surface area contributed by atoms with Crippen molar-refractivity contribution < 1.29 is 14.3 Å². The lowest BCUT2D eigenvalue weighted by Gasteiger charge is -2.11. The summed E-state index contributed by atoms with van der Waals surface area (Å²) in [6.07, 6.45) is 5.44. The molecule has 1 aliphatic rings. The first kappa shape index (κ1) is 16.3. The van der Waals surface area contributed by atoms with E-state index in [2.05, 4.69) is 24.4 Å². The Labute approximate surface area is 131 Å². The molecule has 0 heterocycles. The molecule has 0 aliphatic heterocycles. The molecule has 5 heteroatoms. The van der Waals surface area contributed by atoms with Crippen LogP contribution in [0.2, 0.25) is 0 Å². The first-order valence-electron chi connectivity index (χ1n) is 7.97. The number of benzene rings is 1. The summed E-state index contributed by atoms with van der Waals surface area (Å²) < 4.78 is 11.4. The van der Waals surface area contributed by atoms with E-state index < -0.39 is 0 Å². The molecule has 1 amide bonds. The highest BCUT2D eigenvalue weighted by molar-refractivity contribution is 5.86. The van der Waals surface area contributed by atoms with Gasteiger partial charge in [0.1, 0.15) is 11.5 Å². The van der Waals surface area contributed by atoms with E-state index in [4.69, 9.17) is 9.47 Å². The third-order valence-corrected chi connectivity index (χ3v) is 3.25. The third-order valence-electron chi connectivity index (χ3n) is 3.25. The summed E-state index contributed by atoms with van der Waals surface area (Å²) in [5.74, 6) is 1.65. The van der Waals surface area contributed by atoms with Crippen molar-refractivity contribution in [1.29, 1.82) is 0 Å². The fraction of sp³-hybridized carbons (Fsp3) is 0.529. The Hall–Kier alpha value is -2.04. The van der Waals surface area contributed by atoms with E-state index in [1.165, 1.54) is 0 Å². The first-order valence-corrected chi connectivity index (χ1v) is 7.97. The van der Waals surface area contributed by atoms with Crippen molar-refractivity contribution >= 4 is 12.1 Å². The highest BCUT2D eigenvalue weighted by Crippen LogP contribution is 2.28. The van der Waals surface area contributed by atoms with E-state index in [9.17, 15) is 4.79 Å². The van der Waals surface area contributed by atoms with Gasteiger partial charge in [-0.2, -0.15) is 5.10 Å². The Morgan fingerprint density at radius 1 is 1.27 bits per heavy atom. The number of hydrogen-bond acceptors (Lipinski definition) is 4. The molecule has 1 aromatic carbocycles. The van der Waals surface area contributed by atoms with Gasteiger partial charge in [-0.3, -0.25) is 4.79 Å². The van der Waals surface area contributed by atoms with Gasteiger partial charge in [0.15, 0.2) is 0 Å². The normalized spacial score (nSPS) is 14.1. The largest absolute Gasteiger partial charge is 0.493 e. The minimum Gasteiger partial charge on any atom is -0.493 e. The SMILES string of the molecule is CCCOc1ccc(/C=N\NC(=O)C2CC2)c(OCCC)c1. The number of amides is 1. The topological polar surface area (TPSA) is 59.9 Å². The van der Waals surface area contributed by atoms with Crippen molar-refractivity contribution in [1.82, 2.24) is 5.43 Å². The van der Waals surface area contributed by atoms with Crippen molar-refractivity contribution in [2.45, 2.75) is 39.5 Å². The Morgan fingerprint density at radius 2 is 2.00 bits per heavy atom. The van der Waals surface area contributed by atoms with Crippen LogP contribution in [0.25, 0.3) is 0 Å².